The molecule has 0 fully saturated rings. The molecule has 0 aliphatic heterocycles. The van der Waals surface area contributed by atoms with Crippen LogP contribution in [0.15, 0.2) is 60.7 Å². The van der Waals surface area contributed by atoms with Crippen LogP contribution in [-0.2, 0) is 6.42 Å². The molecule has 132 valence electrons. The summed E-state index contributed by atoms with van der Waals surface area (Å²) < 4.78 is 0. The molecule has 0 atom stereocenters. The van der Waals surface area contributed by atoms with Crippen LogP contribution in [0.1, 0.15) is 28.7 Å². The number of nitrogens with zero attached hydrogens (tertiary/aromatic N) is 3. The second-order valence-corrected chi connectivity index (χ2v) is 6.76. The molecular formula is C25H17N3. The predicted octanol–water partition coefficient (Wildman–Crippen LogP) is 5.04. The molecule has 0 spiro atoms. The van der Waals surface area contributed by atoms with Gasteiger partial charge in [-0.1, -0.05) is 65.9 Å². The molecule has 3 aromatic carbocycles. The van der Waals surface area contributed by atoms with Crippen LogP contribution in [0.5, 0.6) is 0 Å². The van der Waals surface area contributed by atoms with Gasteiger partial charge in [-0.25, -0.2) is 0 Å². The fourth-order valence-corrected chi connectivity index (χ4v) is 3.10. The monoisotopic (exact) mass is 359 g/mol. The smallest absolute Gasteiger partial charge is 0.158 e. The van der Waals surface area contributed by atoms with Crippen molar-refractivity contribution in [3.8, 4) is 30.0 Å². The highest BCUT2D eigenvalue weighted by atomic mass is 14.4. The van der Waals surface area contributed by atoms with E-state index in [2.05, 4.69) is 30.0 Å². The van der Waals surface area contributed by atoms with Crippen molar-refractivity contribution in [2.75, 3.05) is 0 Å². The largest absolute Gasteiger partial charge is 0.197 e. The van der Waals surface area contributed by atoms with Crippen LogP contribution in [0.25, 0.3) is 10.8 Å². The van der Waals surface area contributed by atoms with Crippen LogP contribution in [0.3, 0.4) is 0 Å². The third kappa shape index (κ3) is 3.86. The average molecular weight is 359 g/mol. The van der Waals surface area contributed by atoms with E-state index >= 15 is 0 Å². The summed E-state index contributed by atoms with van der Waals surface area (Å²) in [6.07, 6.45) is 0.280. The van der Waals surface area contributed by atoms with Crippen molar-refractivity contribution in [1.82, 2.24) is 0 Å². The zero-order chi connectivity index (χ0) is 20.0. The van der Waals surface area contributed by atoms with Gasteiger partial charge in [0.05, 0.1) is 17.7 Å². The molecule has 0 aliphatic carbocycles. The first-order valence-electron chi connectivity index (χ1n) is 8.89. The van der Waals surface area contributed by atoms with Crippen molar-refractivity contribution >= 4 is 10.8 Å². The fourth-order valence-electron chi connectivity index (χ4n) is 3.10. The van der Waals surface area contributed by atoms with Crippen molar-refractivity contribution in [3.05, 3.63) is 82.9 Å². The molecule has 3 aromatic rings. The van der Waals surface area contributed by atoms with Gasteiger partial charge in [0, 0.05) is 18.4 Å². The summed E-state index contributed by atoms with van der Waals surface area (Å²) in [7, 11) is 0. The van der Waals surface area contributed by atoms with Gasteiger partial charge in [-0.2, -0.15) is 15.8 Å². The molecule has 3 heteroatoms. The molecule has 0 aromatic heterocycles. The maximum absolute atomic E-state index is 9.73. The zero-order valence-corrected chi connectivity index (χ0v) is 15.5. The summed E-state index contributed by atoms with van der Waals surface area (Å²) in [5.74, 6) is 6.00. The van der Waals surface area contributed by atoms with Gasteiger partial charge in [0.15, 0.2) is 5.41 Å². The van der Waals surface area contributed by atoms with Gasteiger partial charge in [-0.15, -0.1) is 0 Å². The van der Waals surface area contributed by atoms with E-state index in [1.165, 1.54) is 0 Å². The first-order chi connectivity index (χ1) is 13.6. The number of aryl methyl sites for hydroxylation is 1. The van der Waals surface area contributed by atoms with E-state index in [1.807, 2.05) is 67.6 Å². The van der Waals surface area contributed by atoms with Crippen molar-refractivity contribution in [2.24, 2.45) is 5.41 Å². The Kier molecular flexibility index (Phi) is 5.42. The lowest BCUT2D eigenvalue weighted by Gasteiger charge is -2.17. The third-order valence-electron chi connectivity index (χ3n) is 4.72. The van der Waals surface area contributed by atoms with E-state index in [0.29, 0.717) is 11.1 Å². The number of nitriles is 3. The van der Waals surface area contributed by atoms with Gasteiger partial charge < -0.3 is 0 Å². The molecule has 0 saturated carbocycles. The van der Waals surface area contributed by atoms with Crippen LogP contribution >= 0.6 is 0 Å². The summed E-state index contributed by atoms with van der Waals surface area (Å²) >= 11 is 0. The highest BCUT2D eigenvalue weighted by Crippen LogP contribution is 2.30. The van der Waals surface area contributed by atoms with Gasteiger partial charge in [0.1, 0.15) is 6.07 Å². The predicted molar refractivity (Wildman–Crippen MR) is 109 cm³/mol. The molecule has 3 rings (SSSR count). The average Bonchev–Trinajstić information content (AvgIpc) is 2.74. The minimum atomic E-state index is -1.30. The highest BCUT2D eigenvalue weighted by molar-refractivity contribution is 5.89. The molecule has 0 aliphatic rings. The lowest BCUT2D eigenvalue weighted by molar-refractivity contribution is 0.535. The second kappa shape index (κ2) is 8.10. The minimum Gasteiger partial charge on any atom is -0.197 e. The standard InChI is InChI=1S/C25H17N3/c1-19-8-10-20(11-9-19)5-4-14-25(17-27,18-28)15-22-13-12-21-6-2-3-7-23(21)24(22)16-26/h2-3,6-13H,14-15H2,1H3. The van der Waals surface area contributed by atoms with Crippen LogP contribution in [0.4, 0.5) is 0 Å². The molecule has 0 amide bonds. The topological polar surface area (TPSA) is 71.4 Å². The molecule has 0 N–H and O–H groups in total. The minimum absolute atomic E-state index is 0.117. The Morgan fingerprint density at radius 3 is 2.25 bits per heavy atom. The Morgan fingerprint density at radius 1 is 0.857 bits per heavy atom. The van der Waals surface area contributed by atoms with Gasteiger partial charge in [-0.05, 0) is 35.4 Å². The summed E-state index contributed by atoms with van der Waals surface area (Å²) in [5.41, 5.74) is 1.90. The quantitative estimate of drug-likeness (QED) is 0.615. The van der Waals surface area contributed by atoms with Gasteiger partial charge in [0.25, 0.3) is 0 Å². The molecule has 3 nitrogen and oxygen atoms in total. The summed E-state index contributed by atoms with van der Waals surface area (Å²) in [4.78, 5) is 0. The summed E-state index contributed by atoms with van der Waals surface area (Å²) in [6.45, 7) is 2.00. The molecule has 0 bridgehead atoms. The summed E-state index contributed by atoms with van der Waals surface area (Å²) in [6, 6.07) is 25.7. The zero-order valence-electron chi connectivity index (χ0n) is 15.5. The number of rotatable bonds is 3. The first kappa shape index (κ1) is 18.7. The van der Waals surface area contributed by atoms with E-state index in [-0.39, 0.29) is 12.8 Å². The van der Waals surface area contributed by atoms with E-state index in [0.717, 1.165) is 21.9 Å². The fraction of sp³-hybridized carbons (Fsp3) is 0.160. The third-order valence-corrected chi connectivity index (χ3v) is 4.72. The van der Waals surface area contributed by atoms with Crippen molar-refractivity contribution < 1.29 is 0 Å². The van der Waals surface area contributed by atoms with E-state index in [9.17, 15) is 15.8 Å². The van der Waals surface area contributed by atoms with E-state index in [4.69, 9.17) is 0 Å². The van der Waals surface area contributed by atoms with Crippen LogP contribution < -0.4 is 0 Å². The summed E-state index contributed by atoms with van der Waals surface area (Å²) in [5, 5.41) is 30.9. The van der Waals surface area contributed by atoms with E-state index < -0.39 is 5.41 Å². The maximum atomic E-state index is 9.73. The Balaban J connectivity index is 1.93. The molecule has 0 unspecified atom stereocenters. The van der Waals surface area contributed by atoms with Crippen molar-refractivity contribution in [2.45, 2.75) is 19.8 Å². The highest BCUT2D eigenvalue weighted by Gasteiger charge is 2.31. The Morgan fingerprint density at radius 2 is 1.57 bits per heavy atom. The van der Waals surface area contributed by atoms with Crippen molar-refractivity contribution in [3.63, 3.8) is 0 Å². The van der Waals surface area contributed by atoms with Crippen molar-refractivity contribution in [1.29, 1.82) is 15.8 Å². The van der Waals surface area contributed by atoms with Crippen LogP contribution in [-0.4, -0.2) is 0 Å². The van der Waals surface area contributed by atoms with Gasteiger partial charge >= 0.3 is 0 Å². The normalized spacial score (nSPS) is 10.2. The van der Waals surface area contributed by atoms with Crippen LogP contribution in [0.2, 0.25) is 0 Å². The lowest BCUT2D eigenvalue weighted by Crippen LogP contribution is -2.19. The number of benzene rings is 3. The molecule has 28 heavy (non-hydrogen) atoms. The molecular weight excluding hydrogens is 342 g/mol. The van der Waals surface area contributed by atoms with Crippen LogP contribution in [0, 0.1) is 58.2 Å². The number of hydrogen-bond acceptors (Lipinski definition) is 3. The van der Waals surface area contributed by atoms with E-state index in [1.54, 1.807) is 0 Å². The van der Waals surface area contributed by atoms with Gasteiger partial charge in [-0.3, -0.25) is 0 Å². The maximum Gasteiger partial charge on any atom is 0.158 e. The second-order valence-electron chi connectivity index (χ2n) is 6.76. The Hall–Kier alpha value is -4.05. The molecule has 0 saturated heterocycles. The molecule has 0 heterocycles. The first-order valence-corrected chi connectivity index (χ1v) is 8.89. The lowest BCUT2D eigenvalue weighted by atomic mass is 9.80. The SMILES string of the molecule is Cc1ccc(C#CCC(C#N)(C#N)Cc2ccc3ccccc3c2C#N)cc1. The number of fused-ring (bicyclic) bond motifs is 1. The molecule has 0 radical (unpaired) electrons. The van der Waals surface area contributed by atoms with Gasteiger partial charge in [0.2, 0.25) is 0 Å². The Labute approximate surface area is 165 Å². The Bertz CT molecular complexity index is 1190. The number of hydrogen-bond donors (Lipinski definition) is 0.